The predicted molar refractivity (Wildman–Crippen MR) is 72.3 cm³/mol. The molecule has 0 aromatic carbocycles. The summed E-state index contributed by atoms with van der Waals surface area (Å²) >= 11 is 0. The van der Waals surface area contributed by atoms with Crippen molar-refractivity contribution in [3.8, 4) is 0 Å². The molecule has 0 aromatic heterocycles. The second kappa shape index (κ2) is 5.60. The summed E-state index contributed by atoms with van der Waals surface area (Å²) in [7, 11) is 0. The van der Waals surface area contributed by atoms with E-state index in [0.29, 0.717) is 17.9 Å². The van der Waals surface area contributed by atoms with Gasteiger partial charge in [-0.15, -0.1) is 0 Å². The lowest BCUT2D eigenvalue weighted by Gasteiger charge is -2.35. The zero-order valence-corrected chi connectivity index (χ0v) is 11.4. The highest BCUT2D eigenvalue weighted by molar-refractivity contribution is 5.79. The summed E-state index contributed by atoms with van der Waals surface area (Å²) in [6.45, 7) is 3.32. The predicted octanol–water partition coefficient (Wildman–Crippen LogP) is 2.17. The van der Waals surface area contributed by atoms with Crippen LogP contribution in [0.3, 0.4) is 0 Å². The molecule has 1 atom stereocenters. The van der Waals surface area contributed by atoms with Gasteiger partial charge in [0.05, 0.1) is 0 Å². The molecule has 1 saturated carbocycles. The molecule has 1 unspecified atom stereocenters. The Morgan fingerprint density at radius 1 is 0.944 bits per heavy atom. The molecule has 2 saturated heterocycles. The first kappa shape index (κ1) is 12.5. The maximum atomic E-state index is 12.6. The second-order valence-corrected chi connectivity index (χ2v) is 6.31. The highest BCUT2D eigenvalue weighted by Gasteiger charge is 2.38. The van der Waals surface area contributed by atoms with Crippen molar-refractivity contribution in [3.63, 3.8) is 0 Å². The van der Waals surface area contributed by atoms with Gasteiger partial charge >= 0.3 is 0 Å². The first-order chi connectivity index (χ1) is 8.86. The first-order valence-corrected chi connectivity index (χ1v) is 7.87. The standard InChI is InChI=1S/C15H26N2O/c18-15(13-4-1-2-5-13)17-11-3-6-14(17)12-7-9-16-10-8-12/h12-14,16H,1-11H2. The number of rotatable bonds is 2. The van der Waals surface area contributed by atoms with Gasteiger partial charge in [-0.1, -0.05) is 12.8 Å². The number of nitrogens with zero attached hydrogens (tertiary/aromatic N) is 1. The largest absolute Gasteiger partial charge is 0.339 e. The molecule has 3 rings (SSSR count). The van der Waals surface area contributed by atoms with Crippen molar-refractivity contribution >= 4 is 5.91 Å². The lowest BCUT2D eigenvalue weighted by molar-refractivity contribution is -0.137. The molecule has 3 heteroatoms. The maximum Gasteiger partial charge on any atom is 0.225 e. The van der Waals surface area contributed by atoms with E-state index in [9.17, 15) is 4.79 Å². The average Bonchev–Trinajstić information content (AvgIpc) is 3.10. The Hall–Kier alpha value is -0.570. The highest BCUT2D eigenvalue weighted by Crippen LogP contribution is 2.34. The second-order valence-electron chi connectivity index (χ2n) is 6.31. The van der Waals surface area contributed by atoms with Crippen molar-refractivity contribution in [1.82, 2.24) is 10.2 Å². The fourth-order valence-corrected chi connectivity index (χ4v) is 4.19. The zero-order valence-electron chi connectivity index (χ0n) is 11.4. The minimum absolute atomic E-state index is 0.368. The maximum absolute atomic E-state index is 12.6. The van der Waals surface area contributed by atoms with E-state index in [1.54, 1.807) is 0 Å². The molecule has 3 aliphatic rings. The number of piperidine rings is 1. The van der Waals surface area contributed by atoms with Crippen LogP contribution in [0.4, 0.5) is 0 Å². The Morgan fingerprint density at radius 2 is 1.67 bits per heavy atom. The molecule has 0 aromatic rings. The Kier molecular flexibility index (Phi) is 3.88. The van der Waals surface area contributed by atoms with Crippen LogP contribution in [0.5, 0.6) is 0 Å². The Balaban J connectivity index is 1.64. The number of amides is 1. The van der Waals surface area contributed by atoms with Crippen LogP contribution in [0.2, 0.25) is 0 Å². The number of nitrogens with one attached hydrogen (secondary N) is 1. The zero-order chi connectivity index (χ0) is 12.4. The molecule has 102 valence electrons. The van der Waals surface area contributed by atoms with E-state index in [-0.39, 0.29) is 0 Å². The van der Waals surface area contributed by atoms with Gasteiger partial charge in [0.15, 0.2) is 0 Å². The van der Waals surface area contributed by atoms with E-state index in [1.807, 2.05) is 0 Å². The molecular weight excluding hydrogens is 224 g/mol. The van der Waals surface area contributed by atoms with Gasteiger partial charge in [0.1, 0.15) is 0 Å². The number of likely N-dealkylation sites (tertiary alicyclic amines) is 1. The summed E-state index contributed by atoms with van der Waals surface area (Å²) in [5.74, 6) is 1.62. The topological polar surface area (TPSA) is 32.3 Å². The molecule has 1 N–H and O–H groups in total. The van der Waals surface area contributed by atoms with Crippen LogP contribution in [-0.4, -0.2) is 36.5 Å². The quantitative estimate of drug-likeness (QED) is 0.814. The van der Waals surface area contributed by atoms with Crippen LogP contribution in [0.15, 0.2) is 0 Å². The van der Waals surface area contributed by atoms with E-state index >= 15 is 0 Å². The van der Waals surface area contributed by atoms with Crippen molar-refractivity contribution in [2.75, 3.05) is 19.6 Å². The Labute approximate surface area is 110 Å². The van der Waals surface area contributed by atoms with Crippen LogP contribution >= 0.6 is 0 Å². The molecule has 3 nitrogen and oxygen atoms in total. The normalized spacial score (nSPS) is 31.1. The third-order valence-electron chi connectivity index (χ3n) is 5.21. The summed E-state index contributed by atoms with van der Waals surface area (Å²) < 4.78 is 0. The third-order valence-corrected chi connectivity index (χ3v) is 5.21. The van der Waals surface area contributed by atoms with Gasteiger partial charge in [0.2, 0.25) is 5.91 Å². The Bertz CT molecular complexity index is 293. The number of hydrogen-bond donors (Lipinski definition) is 1. The van der Waals surface area contributed by atoms with E-state index in [1.165, 1.54) is 38.5 Å². The molecule has 1 amide bonds. The monoisotopic (exact) mass is 250 g/mol. The van der Waals surface area contributed by atoms with Gasteiger partial charge in [-0.25, -0.2) is 0 Å². The van der Waals surface area contributed by atoms with Gasteiger partial charge in [-0.3, -0.25) is 4.79 Å². The molecule has 0 radical (unpaired) electrons. The van der Waals surface area contributed by atoms with Crippen LogP contribution in [0, 0.1) is 11.8 Å². The molecule has 1 aliphatic carbocycles. The van der Waals surface area contributed by atoms with Gasteiger partial charge in [0, 0.05) is 18.5 Å². The van der Waals surface area contributed by atoms with Gasteiger partial charge in [-0.05, 0) is 57.5 Å². The summed E-state index contributed by atoms with van der Waals surface area (Å²) in [6.07, 6.45) is 9.83. The van der Waals surface area contributed by atoms with E-state index in [0.717, 1.165) is 38.4 Å². The van der Waals surface area contributed by atoms with Crippen molar-refractivity contribution in [3.05, 3.63) is 0 Å². The SMILES string of the molecule is O=C(C1CCCC1)N1CCCC1C1CCNCC1. The van der Waals surface area contributed by atoms with Crippen LogP contribution in [0.25, 0.3) is 0 Å². The van der Waals surface area contributed by atoms with Crippen LogP contribution < -0.4 is 5.32 Å². The summed E-state index contributed by atoms with van der Waals surface area (Å²) in [5, 5.41) is 3.43. The minimum atomic E-state index is 0.368. The van der Waals surface area contributed by atoms with E-state index in [2.05, 4.69) is 10.2 Å². The number of carbonyl (C=O) groups excluding carboxylic acids is 1. The lowest BCUT2D eigenvalue weighted by Crippen LogP contribution is -2.45. The molecule has 2 heterocycles. The molecule has 3 fully saturated rings. The van der Waals surface area contributed by atoms with Crippen LogP contribution in [-0.2, 0) is 4.79 Å². The summed E-state index contributed by atoms with van der Waals surface area (Å²) in [6, 6.07) is 0.570. The van der Waals surface area contributed by atoms with Gasteiger partial charge in [0.25, 0.3) is 0 Å². The smallest absolute Gasteiger partial charge is 0.225 e. The number of carbonyl (C=O) groups is 1. The first-order valence-electron chi connectivity index (χ1n) is 7.87. The fraction of sp³-hybridized carbons (Fsp3) is 0.933. The molecule has 18 heavy (non-hydrogen) atoms. The summed E-state index contributed by atoms with van der Waals surface area (Å²) in [4.78, 5) is 14.9. The molecule has 0 spiro atoms. The molecule has 2 aliphatic heterocycles. The van der Waals surface area contributed by atoms with E-state index < -0.39 is 0 Å². The van der Waals surface area contributed by atoms with Gasteiger partial charge in [-0.2, -0.15) is 0 Å². The molecule has 0 bridgehead atoms. The van der Waals surface area contributed by atoms with Crippen molar-refractivity contribution in [1.29, 1.82) is 0 Å². The van der Waals surface area contributed by atoms with Gasteiger partial charge < -0.3 is 10.2 Å². The van der Waals surface area contributed by atoms with Crippen LogP contribution in [0.1, 0.15) is 51.4 Å². The minimum Gasteiger partial charge on any atom is -0.339 e. The van der Waals surface area contributed by atoms with Crippen molar-refractivity contribution in [2.45, 2.75) is 57.4 Å². The molecular formula is C15H26N2O. The average molecular weight is 250 g/mol. The fourth-order valence-electron chi connectivity index (χ4n) is 4.19. The van der Waals surface area contributed by atoms with E-state index in [4.69, 9.17) is 0 Å². The summed E-state index contributed by atoms with van der Waals surface area (Å²) in [5.41, 5.74) is 0. The lowest BCUT2D eigenvalue weighted by atomic mass is 9.88. The van der Waals surface area contributed by atoms with Crippen molar-refractivity contribution < 1.29 is 4.79 Å². The van der Waals surface area contributed by atoms with Crippen molar-refractivity contribution in [2.24, 2.45) is 11.8 Å². The highest BCUT2D eigenvalue weighted by atomic mass is 16.2. The third kappa shape index (κ3) is 2.42. The number of hydrogen-bond acceptors (Lipinski definition) is 2. The Morgan fingerprint density at radius 3 is 2.39 bits per heavy atom.